The van der Waals surface area contributed by atoms with E-state index in [1.165, 1.54) is 23.8 Å². The van der Waals surface area contributed by atoms with Crippen molar-refractivity contribution in [2.45, 2.75) is 52.0 Å². The Balaban J connectivity index is 2.03. The van der Waals surface area contributed by atoms with E-state index in [1.807, 2.05) is 6.07 Å². The monoisotopic (exact) mass is 260 g/mol. The Kier molecular flexibility index (Phi) is 2.73. The summed E-state index contributed by atoms with van der Waals surface area (Å²) in [7, 11) is 0. The van der Waals surface area contributed by atoms with Gasteiger partial charge in [0.05, 0.1) is 5.69 Å². The molecule has 0 spiro atoms. The molecule has 2 heterocycles. The van der Waals surface area contributed by atoms with E-state index in [0.717, 1.165) is 12.2 Å². The normalized spacial score (nSPS) is 16.8. The third-order valence-electron chi connectivity index (χ3n) is 3.89. The number of rotatable bonds is 2. The zero-order chi connectivity index (χ0) is 13.6. The Bertz CT molecular complexity index is 658. The van der Waals surface area contributed by atoms with E-state index in [9.17, 15) is 4.79 Å². The number of aromatic nitrogens is 4. The highest BCUT2D eigenvalue weighted by Crippen LogP contribution is 2.27. The molecule has 1 fully saturated rings. The zero-order valence-corrected chi connectivity index (χ0v) is 11.8. The molecule has 5 heteroatoms. The summed E-state index contributed by atoms with van der Waals surface area (Å²) in [5, 5.41) is 4.42. The first-order chi connectivity index (χ1) is 8.95. The van der Waals surface area contributed by atoms with Crippen LogP contribution in [0.15, 0.2) is 17.2 Å². The molecule has 1 aliphatic rings. The third-order valence-corrected chi connectivity index (χ3v) is 3.89. The lowest BCUT2D eigenvalue weighted by Gasteiger charge is -2.25. The van der Waals surface area contributed by atoms with Crippen LogP contribution in [0.2, 0.25) is 0 Å². The summed E-state index contributed by atoms with van der Waals surface area (Å²) in [6, 6.07) is 1.90. The fraction of sp³-hybridized carbons (Fsp3) is 0.643. The minimum Gasteiger partial charge on any atom is -0.282 e. The standard InChI is InChI=1S/C14H20N4O/c1-14(2,3)11-7-12-15-9-17(8-10-5-4-6-10)13(19)18(12)16-11/h7,9-10H,4-6,8H2,1-3H3. The zero-order valence-electron chi connectivity index (χ0n) is 11.8. The maximum Gasteiger partial charge on any atom is 0.351 e. The van der Waals surface area contributed by atoms with Crippen molar-refractivity contribution in [2.24, 2.45) is 5.92 Å². The van der Waals surface area contributed by atoms with Crippen LogP contribution in [0.1, 0.15) is 45.7 Å². The van der Waals surface area contributed by atoms with Gasteiger partial charge in [-0.2, -0.15) is 9.61 Å². The van der Waals surface area contributed by atoms with Gasteiger partial charge in [0.25, 0.3) is 0 Å². The number of hydrogen-bond acceptors (Lipinski definition) is 3. The highest BCUT2D eigenvalue weighted by atomic mass is 16.2. The Hall–Kier alpha value is -1.65. The molecular weight excluding hydrogens is 240 g/mol. The van der Waals surface area contributed by atoms with Crippen LogP contribution in [-0.4, -0.2) is 19.2 Å². The first kappa shape index (κ1) is 12.4. The van der Waals surface area contributed by atoms with Gasteiger partial charge in [-0.05, 0) is 18.8 Å². The second-order valence-electron chi connectivity index (χ2n) is 6.53. The Morgan fingerprint density at radius 3 is 2.68 bits per heavy atom. The lowest BCUT2D eigenvalue weighted by molar-refractivity contribution is 0.270. The average molecular weight is 260 g/mol. The molecule has 2 aromatic heterocycles. The second-order valence-corrected chi connectivity index (χ2v) is 6.53. The Morgan fingerprint density at radius 1 is 1.37 bits per heavy atom. The molecular formula is C14H20N4O. The van der Waals surface area contributed by atoms with Crippen LogP contribution < -0.4 is 5.69 Å². The maximum absolute atomic E-state index is 12.4. The van der Waals surface area contributed by atoms with Crippen LogP contribution in [0.5, 0.6) is 0 Å². The van der Waals surface area contributed by atoms with Crippen molar-refractivity contribution in [3.05, 3.63) is 28.6 Å². The number of hydrogen-bond donors (Lipinski definition) is 0. The highest BCUT2D eigenvalue weighted by molar-refractivity contribution is 5.39. The molecule has 0 aliphatic heterocycles. The van der Waals surface area contributed by atoms with Gasteiger partial charge in [-0.1, -0.05) is 27.2 Å². The molecule has 5 nitrogen and oxygen atoms in total. The smallest absolute Gasteiger partial charge is 0.282 e. The molecule has 2 aromatic rings. The lowest BCUT2D eigenvalue weighted by Crippen LogP contribution is -2.32. The van der Waals surface area contributed by atoms with Crippen molar-refractivity contribution in [1.82, 2.24) is 19.2 Å². The van der Waals surface area contributed by atoms with Crippen molar-refractivity contribution in [3.8, 4) is 0 Å². The van der Waals surface area contributed by atoms with E-state index in [1.54, 1.807) is 10.9 Å². The predicted octanol–water partition coefficient (Wildman–Crippen LogP) is 1.99. The van der Waals surface area contributed by atoms with Gasteiger partial charge in [0.15, 0.2) is 5.65 Å². The van der Waals surface area contributed by atoms with Crippen molar-refractivity contribution >= 4 is 5.65 Å². The average Bonchev–Trinajstić information content (AvgIpc) is 2.70. The summed E-state index contributed by atoms with van der Waals surface area (Å²) < 4.78 is 3.12. The SMILES string of the molecule is CC(C)(C)c1cc2ncn(CC3CCC3)c(=O)n2n1. The highest BCUT2D eigenvalue weighted by Gasteiger charge is 2.21. The van der Waals surface area contributed by atoms with Gasteiger partial charge in [-0.3, -0.25) is 4.57 Å². The van der Waals surface area contributed by atoms with Crippen LogP contribution in [0.3, 0.4) is 0 Å². The molecule has 1 saturated carbocycles. The summed E-state index contributed by atoms with van der Waals surface area (Å²) in [6.45, 7) is 7.03. The van der Waals surface area contributed by atoms with Gasteiger partial charge in [0, 0.05) is 18.0 Å². The van der Waals surface area contributed by atoms with Gasteiger partial charge in [-0.15, -0.1) is 0 Å². The predicted molar refractivity (Wildman–Crippen MR) is 73.3 cm³/mol. The van der Waals surface area contributed by atoms with E-state index in [0.29, 0.717) is 11.6 Å². The van der Waals surface area contributed by atoms with E-state index in [2.05, 4.69) is 30.9 Å². The van der Waals surface area contributed by atoms with Crippen LogP contribution in [0, 0.1) is 5.92 Å². The molecule has 0 aromatic carbocycles. The molecule has 0 N–H and O–H groups in total. The van der Waals surface area contributed by atoms with Crippen LogP contribution >= 0.6 is 0 Å². The minimum atomic E-state index is -0.0765. The summed E-state index contributed by atoms with van der Waals surface area (Å²) >= 11 is 0. The lowest BCUT2D eigenvalue weighted by atomic mass is 9.85. The Labute approximate surface area is 112 Å². The summed E-state index contributed by atoms with van der Waals surface area (Å²) in [5.41, 5.74) is 1.39. The van der Waals surface area contributed by atoms with Crippen molar-refractivity contribution in [1.29, 1.82) is 0 Å². The van der Waals surface area contributed by atoms with Crippen LogP contribution in [0.25, 0.3) is 5.65 Å². The number of nitrogens with zero attached hydrogens (tertiary/aromatic N) is 4. The van der Waals surface area contributed by atoms with Crippen molar-refractivity contribution in [2.75, 3.05) is 0 Å². The first-order valence-corrected chi connectivity index (χ1v) is 6.91. The third kappa shape index (κ3) is 2.17. The summed E-state index contributed by atoms with van der Waals surface area (Å²) in [4.78, 5) is 16.7. The van der Waals surface area contributed by atoms with E-state index >= 15 is 0 Å². The van der Waals surface area contributed by atoms with Gasteiger partial charge >= 0.3 is 5.69 Å². The molecule has 0 bridgehead atoms. The van der Waals surface area contributed by atoms with Gasteiger partial charge in [0.2, 0.25) is 0 Å². The molecule has 0 amide bonds. The van der Waals surface area contributed by atoms with Gasteiger partial charge < -0.3 is 0 Å². The van der Waals surface area contributed by atoms with Crippen molar-refractivity contribution in [3.63, 3.8) is 0 Å². The largest absolute Gasteiger partial charge is 0.351 e. The van der Waals surface area contributed by atoms with Crippen LogP contribution in [-0.2, 0) is 12.0 Å². The summed E-state index contributed by atoms with van der Waals surface area (Å²) in [5.74, 6) is 0.634. The summed E-state index contributed by atoms with van der Waals surface area (Å²) in [6.07, 6.45) is 5.38. The first-order valence-electron chi connectivity index (χ1n) is 6.91. The van der Waals surface area contributed by atoms with E-state index < -0.39 is 0 Å². The molecule has 102 valence electrons. The molecule has 0 saturated heterocycles. The molecule has 19 heavy (non-hydrogen) atoms. The fourth-order valence-corrected chi connectivity index (χ4v) is 2.35. The second kappa shape index (κ2) is 4.18. The molecule has 1 aliphatic carbocycles. The molecule has 3 rings (SSSR count). The Morgan fingerprint density at radius 2 is 2.11 bits per heavy atom. The minimum absolute atomic E-state index is 0.0705. The topological polar surface area (TPSA) is 52.2 Å². The molecule has 0 radical (unpaired) electrons. The fourth-order valence-electron chi connectivity index (χ4n) is 2.35. The van der Waals surface area contributed by atoms with Gasteiger partial charge in [-0.25, -0.2) is 9.78 Å². The molecule has 0 atom stereocenters. The quantitative estimate of drug-likeness (QED) is 0.829. The van der Waals surface area contributed by atoms with Gasteiger partial charge in [0.1, 0.15) is 6.33 Å². The van der Waals surface area contributed by atoms with E-state index in [-0.39, 0.29) is 11.1 Å². The maximum atomic E-state index is 12.4. The van der Waals surface area contributed by atoms with Crippen molar-refractivity contribution < 1.29 is 0 Å². The molecule has 0 unspecified atom stereocenters. The van der Waals surface area contributed by atoms with E-state index in [4.69, 9.17) is 0 Å². The van der Waals surface area contributed by atoms with Crippen LogP contribution in [0.4, 0.5) is 0 Å². The number of fused-ring (bicyclic) bond motifs is 1.